The first kappa shape index (κ1) is 25.9. The number of ether oxygens (including phenoxy) is 1. The zero-order valence-electron chi connectivity index (χ0n) is 17.8. The molecule has 0 aromatic heterocycles. The maximum atomic E-state index is 11.8. The Balaban J connectivity index is 0.00000450. The van der Waals surface area contributed by atoms with Gasteiger partial charge in [0, 0.05) is 37.3 Å². The molecule has 0 bridgehead atoms. The predicted octanol–water partition coefficient (Wildman–Crippen LogP) is 3.67. The van der Waals surface area contributed by atoms with Gasteiger partial charge in [0.1, 0.15) is 0 Å². The van der Waals surface area contributed by atoms with Crippen LogP contribution in [0.4, 0.5) is 10.5 Å². The molecule has 1 aliphatic rings. The number of carbonyl (C=O) groups excluding carboxylic acids is 1. The molecule has 1 aromatic rings. The maximum Gasteiger partial charge on any atom is 0.409 e. The average molecular weight is 533 g/mol. The SMILES string of the molecule is CCOC(=O)N1CCC(NC(=NCc2ccc([N+](=O)[O-])cc2)NC(C)CC)CC1.I. The molecule has 0 spiro atoms. The molecule has 168 valence electrons. The fourth-order valence-corrected chi connectivity index (χ4v) is 2.98. The molecule has 1 atom stereocenters. The summed E-state index contributed by atoms with van der Waals surface area (Å²) in [5.41, 5.74) is 0.972. The molecule has 1 amide bonds. The number of nitro benzene ring substituents is 1. The number of likely N-dealkylation sites (tertiary alicyclic amines) is 1. The highest BCUT2D eigenvalue weighted by Crippen LogP contribution is 2.14. The summed E-state index contributed by atoms with van der Waals surface area (Å²) in [6, 6.07) is 6.90. The second-order valence-electron chi connectivity index (χ2n) is 7.15. The third kappa shape index (κ3) is 8.33. The fourth-order valence-electron chi connectivity index (χ4n) is 2.98. The number of nitro groups is 1. The zero-order valence-corrected chi connectivity index (χ0v) is 20.1. The van der Waals surface area contributed by atoms with Crippen LogP contribution in [0.5, 0.6) is 0 Å². The van der Waals surface area contributed by atoms with E-state index in [9.17, 15) is 14.9 Å². The first-order chi connectivity index (χ1) is 13.9. The molecule has 0 aliphatic carbocycles. The number of hydrogen-bond donors (Lipinski definition) is 2. The number of piperidine rings is 1. The lowest BCUT2D eigenvalue weighted by atomic mass is 10.1. The Morgan fingerprint density at radius 1 is 1.30 bits per heavy atom. The Morgan fingerprint density at radius 3 is 2.47 bits per heavy atom. The standard InChI is InChI=1S/C20H31N5O4.HI/c1-4-15(3)22-19(21-14-16-6-8-18(9-7-16)25(27)28)23-17-10-12-24(13-11-17)20(26)29-5-2;/h6-9,15,17H,4-5,10-14H2,1-3H3,(H2,21,22,23);1H. The van der Waals surface area contributed by atoms with Gasteiger partial charge in [-0.2, -0.15) is 0 Å². The Kier molecular flexibility index (Phi) is 11.4. The highest BCUT2D eigenvalue weighted by molar-refractivity contribution is 14.0. The van der Waals surface area contributed by atoms with E-state index in [2.05, 4.69) is 29.5 Å². The number of halogens is 1. The van der Waals surface area contributed by atoms with Crippen LogP contribution in [0.15, 0.2) is 29.3 Å². The number of guanidine groups is 1. The minimum atomic E-state index is -0.410. The molecule has 1 unspecified atom stereocenters. The fraction of sp³-hybridized carbons (Fsp3) is 0.600. The van der Waals surface area contributed by atoms with Crippen LogP contribution in [0.25, 0.3) is 0 Å². The van der Waals surface area contributed by atoms with Crippen molar-refractivity contribution in [3.63, 3.8) is 0 Å². The number of amides is 1. The Hall–Kier alpha value is -2.11. The van der Waals surface area contributed by atoms with Crippen molar-refractivity contribution < 1.29 is 14.5 Å². The molecule has 1 fully saturated rings. The van der Waals surface area contributed by atoms with Gasteiger partial charge in [0.25, 0.3) is 5.69 Å². The summed E-state index contributed by atoms with van der Waals surface area (Å²) in [4.78, 5) is 28.6. The minimum Gasteiger partial charge on any atom is -0.450 e. The van der Waals surface area contributed by atoms with Gasteiger partial charge in [0.2, 0.25) is 0 Å². The van der Waals surface area contributed by atoms with Crippen molar-refractivity contribution >= 4 is 41.7 Å². The molecular weight excluding hydrogens is 501 g/mol. The Morgan fingerprint density at radius 2 is 1.93 bits per heavy atom. The van der Waals surface area contributed by atoms with E-state index in [0.29, 0.717) is 32.2 Å². The van der Waals surface area contributed by atoms with Gasteiger partial charge in [-0.25, -0.2) is 9.79 Å². The van der Waals surface area contributed by atoms with Crippen molar-refractivity contribution in [1.29, 1.82) is 0 Å². The normalized spacial score (nSPS) is 15.7. The molecular formula is C20H32IN5O4. The van der Waals surface area contributed by atoms with Gasteiger partial charge < -0.3 is 20.3 Å². The molecule has 1 heterocycles. The summed E-state index contributed by atoms with van der Waals surface area (Å²) < 4.78 is 5.06. The van der Waals surface area contributed by atoms with Crippen LogP contribution < -0.4 is 10.6 Å². The summed E-state index contributed by atoms with van der Waals surface area (Å²) in [5.74, 6) is 0.715. The van der Waals surface area contributed by atoms with Crippen molar-refractivity contribution in [2.24, 2.45) is 4.99 Å². The van der Waals surface area contributed by atoms with Crippen LogP contribution >= 0.6 is 24.0 Å². The van der Waals surface area contributed by atoms with E-state index in [1.165, 1.54) is 12.1 Å². The number of rotatable bonds is 7. The van der Waals surface area contributed by atoms with E-state index in [-0.39, 0.29) is 47.8 Å². The van der Waals surface area contributed by atoms with E-state index in [0.717, 1.165) is 24.8 Å². The molecule has 1 saturated heterocycles. The van der Waals surface area contributed by atoms with Crippen LogP contribution in [-0.2, 0) is 11.3 Å². The van der Waals surface area contributed by atoms with Crippen LogP contribution in [0, 0.1) is 10.1 Å². The summed E-state index contributed by atoms with van der Waals surface area (Å²) in [6.07, 6.45) is 2.34. The molecule has 10 heteroatoms. The Bertz CT molecular complexity index is 706. The summed E-state index contributed by atoms with van der Waals surface area (Å²) in [7, 11) is 0. The smallest absolute Gasteiger partial charge is 0.409 e. The molecule has 9 nitrogen and oxygen atoms in total. The summed E-state index contributed by atoms with van der Waals surface area (Å²) >= 11 is 0. The highest BCUT2D eigenvalue weighted by Gasteiger charge is 2.24. The number of nitrogens with one attached hydrogen (secondary N) is 2. The van der Waals surface area contributed by atoms with Crippen LogP contribution in [-0.4, -0.2) is 53.7 Å². The van der Waals surface area contributed by atoms with Gasteiger partial charge in [0.05, 0.1) is 18.1 Å². The van der Waals surface area contributed by atoms with E-state index < -0.39 is 4.92 Å². The first-order valence-corrected chi connectivity index (χ1v) is 10.2. The van der Waals surface area contributed by atoms with Crippen LogP contribution in [0.3, 0.4) is 0 Å². The minimum absolute atomic E-state index is 0. The number of non-ortho nitro benzene ring substituents is 1. The third-order valence-corrected chi connectivity index (χ3v) is 4.92. The zero-order chi connectivity index (χ0) is 21.2. The predicted molar refractivity (Wildman–Crippen MR) is 127 cm³/mol. The van der Waals surface area contributed by atoms with Gasteiger partial charge in [0.15, 0.2) is 5.96 Å². The lowest BCUT2D eigenvalue weighted by molar-refractivity contribution is -0.384. The van der Waals surface area contributed by atoms with Crippen LogP contribution in [0.1, 0.15) is 45.6 Å². The van der Waals surface area contributed by atoms with Gasteiger partial charge in [-0.05, 0) is 38.7 Å². The Labute approximate surface area is 194 Å². The van der Waals surface area contributed by atoms with Crippen molar-refractivity contribution in [2.75, 3.05) is 19.7 Å². The maximum absolute atomic E-state index is 11.8. The number of benzene rings is 1. The monoisotopic (exact) mass is 533 g/mol. The lowest BCUT2D eigenvalue weighted by Gasteiger charge is -2.32. The largest absolute Gasteiger partial charge is 0.450 e. The van der Waals surface area contributed by atoms with Gasteiger partial charge in [-0.3, -0.25) is 10.1 Å². The summed E-state index contributed by atoms with van der Waals surface area (Å²) in [5, 5.41) is 17.6. The average Bonchev–Trinajstić information content (AvgIpc) is 2.72. The lowest BCUT2D eigenvalue weighted by Crippen LogP contribution is -2.51. The van der Waals surface area contributed by atoms with Gasteiger partial charge in [-0.15, -0.1) is 24.0 Å². The number of nitrogens with zero attached hydrogens (tertiary/aromatic N) is 3. The molecule has 2 N–H and O–H groups in total. The molecule has 30 heavy (non-hydrogen) atoms. The second-order valence-corrected chi connectivity index (χ2v) is 7.15. The number of hydrogen-bond acceptors (Lipinski definition) is 5. The quantitative estimate of drug-likeness (QED) is 0.182. The van der Waals surface area contributed by atoms with E-state index in [4.69, 9.17) is 4.74 Å². The van der Waals surface area contributed by atoms with Crippen molar-refractivity contribution in [1.82, 2.24) is 15.5 Å². The van der Waals surface area contributed by atoms with E-state index >= 15 is 0 Å². The van der Waals surface area contributed by atoms with Crippen molar-refractivity contribution in [3.05, 3.63) is 39.9 Å². The van der Waals surface area contributed by atoms with Gasteiger partial charge >= 0.3 is 6.09 Å². The van der Waals surface area contributed by atoms with Crippen molar-refractivity contribution in [2.45, 2.75) is 58.7 Å². The molecule has 1 aromatic carbocycles. The van der Waals surface area contributed by atoms with Gasteiger partial charge in [-0.1, -0.05) is 19.1 Å². The van der Waals surface area contributed by atoms with Crippen LogP contribution in [0.2, 0.25) is 0 Å². The second kappa shape index (κ2) is 13.2. The molecule has 0 radical (unpaired) electrons. The number of aliphatic imine (C=N–C) groups is 1. The molecule has 1 aliphatic heterocycles. The third-order valence-electron chi connectivity index (χ3n) is 4.92. The summed E-state index contributed by atoms with van der Waals surface area (Å²) in [6.45, 7) is 8.10. The topological polar surface area (TPSA) is 109 Å². The van der Waals surface area contributed by atoms with E-state index in [1.807, 2.05) is 0 Å². The number of carbonyl (C=O) groups is 1. The molecule has 0 saturated carbocycles. The van der Waals surface area contributed by atoms with E-state index in [1.54, 1.807) is 24.0 Å². The van der Waals surface area contributed by atoms with Crippen molar-refractivity contribution in [3.8, 4) is 0 Å². The highest BCUT2D eigenvalue weighted by atomic mass is 127. The first-order valence-electron chi connectivity index (χ1n) is 10.2. The molecule has 2 rings (SSSR count).